The second-order valence-electron chi connectivity index (χ2n) is 9.64. The third-order valence-corrected chi connectivity index (χ3v) is 8.87. The molecule has 4 heterocycles. The lowest BCUT2D eigenvalue weighted by atomic mass is 10.1. The zero-order valence-corrected chi connectivity index (χ0v) is 22.4. The lowest BCUT2D eigenvalue weighted by molar-refractivity contribution is -0.138. The van der Waals surface area contributed by atoms with Crippen molar-refractivity contribution in [1.82, 2.24) is 24.5 Å². The third-order valence-electron chi connectivity index (χ3n) is 7.15. The molecule has 3 unspecified atom stereocenters. The zero-order valence-electron chi connectivity index (χ0n) is 21.6. The van der Waals surface area contributed by atoms with E-state index in [1.165, 1.54) is 29.6 Å². The van der Waals surface area contributed by atoms with Gasteiger partial charge in [-0.3, -0.25) is 24.2 Å². The highest BCUT2D eigenvalue weighted by Crippen LogP contribution is 2.33. The van der Waals surface area contributed by atoms with Crippen molar-refractivity contribution >= 4 is 32.7 Å². The van der Waals surface area contributed by atoms with Crippen LogP contribution in [0.4, 0.5) is 0 Å². The molecule has 2 aliphatic heterocycles. The molecule has 1 N–H and O–H groups in total. The number of benzene rings is 1. The topological polar surface area (TPSA) is 160 Å². The van der Waals surface area contributed by atoms with Crippen LogP contribution in [0.2, 0.25) is 0 Å². The summed E-state index contributed by atoms with van der Waals surface area (Å²) in [4.78, 5) is 61.4. The standard InChI is InChI=1S/C27H27N5O7S/c1-2-4-20(30-25(34)18-8-6-17(7-9-18)23-14-29-16-39-23)26(35)31-12-10-21-24(31)22(33)15-32(21)40(37,38)27(36)19-5-3-11-28-13-19/h3,5-9,11,13-14,16,20-21,24H,2,4,10,12,15H2,1H3,(H,30,34). The van der Waals surface area contributed by atoms with Gasteiger partial charge in [-0.05, 0) is 37.1 Å². The van der Waals surface area contributed by atoms with E-state index in [0.29, 0.717) is 24.2 Å². The van der Waals surface area contributed by atoms with E-state index in [-0.39, 0.29) is 18.5 Å². The smallest absolute Gasteiger partial charge is 0.293 e. The first kappa shape index (κ1) is 27.3. The van der Waals surface area contributed by atoms with Crippen LogP contribution in [0.3, 0.4) is 0 Å². The number of ketones is 1. The predicted molar refractivity (Wildman–Crippen MR) is 141 cm³/mol. The van der Waals surface area contributed by atoms with Crippen molar-refractivity contribution < 1.29 is 32.0 Å². The molecule has 0 radical (unpaired) electrons. The van der Waals surface area contributed by atoms with Gasteiger partial charge in [-0.15, -0.1) is 0 Å². The summed E-state index contributed by atoms with van der Waals surface area (Å²) in [6, 6.07) is 6.61. The highest BCUT2D eigenvalue weighted by atomic mass is 32.2. The number of oxazole rings is 1. The van der Waals surface area contributed by atoms with Gasteiger partial charge in [0.1, 0.15) is 12.1 Å². The summed E-state index contributed by atoms with van der Waals surface area (Å²) < 4.78 is 32.5. The first-order chi connectivity index (χ1) is 19.2. The molecule has 2 fully saturated rings. The van der Waals surface area contributed by atoms with Crippen LogP contribution < -0.4 is 5.32 Å². The number of carbonyl (C=O) groups is 4. The largest absolute Gasteiger partial charge is 0.444 e. The van der Waals surface area contributed by atoms with Gasteiger partial charge in [0.15, 0.2) is 17.9 Å². The van der Waals surface area contributed by atoms with E-state index >= 15 is 0 Å². The SMILES string of the molecule is CCCC(NC(=O)c1ccc(-c2cnco2)cc1)C(=O)N1CCC2C1C(=O)CN2S(=O)(=O)C(=O)c1cccnc1. The molecule has 0 spiro atoms. The summed E-state index contributed by atoms with van der Waals surface area (Å²) in [5, 5.41) is 1.62. The molecule has 208 valence electrons. The molecule has 2 amide bonds. The number of nitrogens with one attached hydrogen (secondary N) is 1. The second-order valence-corrected chi connectivity index (χ2v) is 11.4. The summed E-state index contributed by atoms with van der Waals surface area (Å²) in [5.74, 6) is -0.847. The van der Waals surface area contributed by atoms with Crippen LogP contribution in [-0.4, -0.2) is 81.5 Å². The van der Waals surface area contributed by atoms with Gasteiger partial charge in [-0.1, -0.05) is 25.5 Å². The molecule has 2 aromatic heterocycles. The predicted octanol–water partition coefficient (Wildman–Crippen LogP) is 1.66. The molecule has 0 saturated carbocycles. The van der Waals surface area contributed by atoms with Gasteiger partial charge in [0.05, 0.1) is 24.3 Å². The minimum atomic E-state index is -4.52. The van der Waals surface area contributed by atoms with Crippen LogP contribution in [0.5, 0.6) is 0 Å². The maximum atomic E-state index is 13.6. The van der Waals surface area contributed by atoms with E-state index in [4.69, 9.17) is 4.42 Å². The molecule has 0 bridgehead atoms. The summed E-state index contributed by atoms with van der Waals surface area (Å²) in [6.45, 7) is 1.48. The Morgan fingerprint density at radius 1 is 1.10 bits per heavy atom. The summed E-state index contributed by atoms with van der Waals surface area (Å²) in [6.07, 6.45) is 6.53. The van der Waals surface area contributed by atoms with E-state index in [0.717, 1.165) is 16.1 Å². The lowest BCUT2D eigenvalue weighted by Crippen LogP contribution is -2.52. The van der Waals surface area contributed by atoms with Gasteiger partial charge in [0, 0.05) is 30.1 Å². The maximum absolute atomic E-state index is 13.6. The Labute approximate surface area is 230 Å². The van der Waals surface area contributed by atoms with E-state index in [9.17, 15) is 27.6 Å². The van der Waals surface area contributed by atoms with Gasteiger partial charge in [-0.2, -0.15) is 4.31 Å². The van der Waals surface area contributed by atoms with Crippen molar-refractivity contribution in [3.05, 3.63) is 72.5 Å². The number of hydrogen-bond donors (Lipinski definition) is 1. The number of amides is 2. The minimum absolute atomic E-state index is 0.107. The Morgan fingerprint density at radius 3 is 2.52 bits per heavy atom. The average molecular weight is 566 g/mol. The highest BCUT2D eigenvalue weighted by molar-refractivity contribution is 8.04. The van der Waals surface area contributed by atoms with Crippen LogP contribution in [0.15, 0.2) is 65.8 Å². The van der Waals surface area contributed by atoms with Crippen molar-refractivity contribution in [3.63, 3.8) is 0 Å². The number of rotatable bonds is 8. The molecular formula is C27H27N5O7S. The molecule has 12 nitrogen and oxygen atoms in total. The van der Waals surface area contributed by atoms with Gasteiger partial charge < -0.3 is 14.6 Å². The van der Waals surface area contributed by atoms with Crippen molar-refractivity contribution in [3.8, 4) is 11.3 Å². The van der Waals surface area contributed by atoms with E-state index in [2.05, 4.69) is 15.3 Å². The Morgan fingerprint density at radius 2 is 1.88 bits per heavy atom. The number of nitrogens with zero attached hydrogens (tertiary/aromatic N) is 4. The molecule has 0 aliphatic carbocycles. The number of Topliss-reactive ketones (excluding diaryl/α,β-unsaturated/α-hetero) is 1. The van der Waals surface area contributed by atoms with Gasteiger partial charge >= 0.3 is 0 Å². The molecule has 1 aromatic carbocycles. The number of carbonyl (C=O) groups excluding carboxylic acids is 4. The summed E-state index contributed by atoms with van der Waals surface area (Å²) in [5.41, 5.74) is 0.961. The Balaban J connectivity index is 1.30. The van der Waals surface area contributed by atoms with Crippen LogP contribution >= 0.6 is 0 Å². The second kappa shape index (κ2) is 11.1. The van der Waals surface area contributed by atoms with Gasteiger partial charge in [-0.25, -0.2) is 13.4 Å². The number of hydrogen-bond acceptors (Lipinski definition) is 9. The molecule has 13 heteroatoms. The number of aromatic nitrogens is 2. The van der Waals surface area contributed by atoms with Crippen LogP contribution in [0.1, 0.15) is 46.9 Å². The fourth-order valence-corrected chi connectivity index (χ4v) is 6.72. The molecule has 3 aromatic rings. The molecule has 2 saturated heterocycles. The molecular weight excluding hydrogens is 538 g/mol. The van der Waals surface area contributed by atoms with Crippen LogP contribution in [0.25, 0.3) is 11.3 Å². The third kappa shape index (κ3) is 5.05. The molecule has 5 rings (SSSR count). The summed E-state index contributed by atoms with van der Waals surface area (Å²) >= 11 is 0. The lowest BCUT2D eigenvalue weighted by Gasteiger charge is -2.28. The van der Waals surface area contributed by atoms with E-state index in [1.54, 1.807) is 30.5 Å². The van der Waals surface area contributed by atoms with Crippen molar-refractivity contribution in [2.75, 3.05) is 13.1 Å². The van der Waals surface area contributed by atoms with E-state index < -0.39 is 57.4 Å². The highest BCUT2D eigenvalue weighted by Gasteiger charge is 2.55. The Bertz CT molecular complexity index is 1520. The first-order valence-corrected chi connectivity index (χ1v) is 14.3. The Hall–Kier alpha value is -4.23. The zero-order chi connectivity index (χ0) is 28.4. The average Bonchev–Trinajstić information content (AvgIpc) is 3.72. The van der Waals surface area contributed by atoms with Crippen molar-refractivity contribution in [2.45, 2.75) is 44.3 Å². The minimum Gasteiger partial charge on any atom is -0.444 e. The Kier molecular flexibility index (Phi) is 7.59. The number of pyridine rings is 1. The quantitative estimate of drug-likeness (QED) is 0.428. The number of fused-ring (bicyclic) bond motifs is 1. The van der Waals surface area contributed by atoms with Gasteiger partial charge in [0.25, 0.3) is 21.0 Å². The fraction of sp³-hybridized carbons (Fsp3) is 0.333. The van der Waals surface area contributed by atoms with Crippen LogP contribution in [0, 0.1) is 0 Å². The number of sulfonamides is 1. The fourth-order valence-electron chi connectivity index (χ4n) is 5.21. The van der Waals surface area contributed by atoms with Gasteiger partial charge in [0.2, 0.25) is 5.91 Å². The number of likely N-dealkylation sites (tertiary alicyclic amines) is 1. The monoisotopic (exact) mass is 565 g/mol. The maximum Gasteiger partial charge on any atom is 0.293 e. The normalized spacial score (nSPS) is 19.8. The molecule has 40 heavy (non-hydrogen) atoms. The van der Waals surface area contributed by atoms with Crippen molar-refractivity contribution in [2.24, 2.45) is 0 Å². The molecule has 2 aliphatic rings. The van der Waals surface area contributed by atoms with E-state index in [1.807, 2.05) is 6.92 Å². The van der Waals surface area contributed by atoms with Crippen molar-refractivity contribution in [1.29, 1.82) is 0 Å². The molecule has 3 atom stereocenters. The first-order valence-electron chi connectivity index (χ1n) is 12.8. The van der Waals surface area contributed by atoms with Crippen LogP contribution in [-0.2, 0) is 19.6 Å². The summed E-state index contributed by atoms with van der Waals surface area (Å²) in [7, 11) is -4.52.